The average molecular weight is 219 g/mol. The Bertz CT molecular complexity index is 488. The monoisotopic (exact) mass is 219 g/mol. The standard InChI is InChI=1S/C11H17N5/c1-4-5-6-12-10-9-11(15-7(2)13-9)16-8(3)14-10/h4-6H2,1-3H3,(H2,12,13,14,15,16). The minimum atomic E-state index is 0.740. The molecule has 0 radical (unpaired) electrons. The van der Waals surface area contributed by atoms with Gasteiger partial charge in [0.05, 0.1) is 0 Å². The number of nitrogens with one attached hydrogen (secondary N) is 2. The minimum absolute atomic E-state index is 0.740. The molecule has 0 aliphatic carbocycles. The lowest BCUT2D eigenvalue weighted by Crippen LogP contribution is -2.05. The second kappa shape index (κ2) is 4.47. The fourth-order valence-corrected chi connectivity index (χ4v) is 1.63. The number of nitrogens with zero attached hydrogens (tertiary/aromatic N) is 3. The van der Waals surface area contributed by atoms with E-state index < -0.39 is 0 Å². The number of aryl methyl sites for hydroxylation is 2. The van der Waals surface area contributed by atoms with E-state index in [1.54, 1.807) is 0 Å². The molecule has 0 unspecified atom stereocenters. The summed E-state index contributed by atoms with van der Waals surface area (Å²) in [6.07, 6.45) is 2.31. The van der Waals surface area contributed by atoms with Crippen LogP contribution in [0.3, 0.4) is 0 Å². The molecule has 0 amide bonds. The first-order chi connectivity index (χ1) is 7.70. The molecule has 0 fully saturated rings. The Hall–Kier alpha value is -1.65. The van der Waals surface area contributed by atoms with Crippen molar-refractivity contribution in [3.63, 3.8) is 0 Å². The molecule has 5 heteroatoms. The second-order valence-corrected chi connectivity index (χ2v) is 3.92. The van der Waals surface area contributed by atoms with Crippen LogP contribution in [-0.2, 0) is 0 Å². The van der Waals surface area contributed by atoms with Crippen LogP contribution < -0.4 is 5.32 Å². The summed E-state index contributed by atoms with van der Waals surface area (Å²) >= 11 is 0. The molecule has 0 bridgehead atoms. The summed E-state index contributed by atoms with van der Waals surface area (Å²) in [4.78, 5) is 16.2. The van der Waals surface area contributed by atoms with E-state index in [1.807, 2.05) is 13.8 Å². The fourth-order valence-electron chi connectivity index (χ4n) is 1.63. The highest BCUT2D eigenvalue weighted by atomic mass is 15.1. The van der Waals surface area contributed by atoms with Gasteiger partial charge in [0.15, 0.2) is 11.5 Å². The Kier molecular flexibility index (Phi) is 3.03. The van der Waals surface area contributed by atoms with Gasteiger partial charge >= 0.3 is 0 Å². The van der Waals surface area contributed by atoms with Crippen LogP contribution in [0.5, 0.6) is 0 Å². The van der Waals surface area contributed by atoms with Crippen LogP contribution in [0, 0.1) is 13.8 Å². The molecule has 2 heterocycles. The van der Waals surface area contributed by atoms with E-state index in [4.69, 9.17) is 0 Å². The molecular weight excluding hydrogens is 202 g/mol. The van der Waals surface area contributed by atoms with Crippen molar-refractivity contribution in [2.45, 2.75) is 33.6 Å². The number of hydrogen-bond acceptors (Lipinski definition) is 4. The molecule has 86 valence electrons. The molecule has 5 nitrogen and oxygen atoms in total. The van der Waals surface area contributed by atoms with Gasteiger partial charge in [0.25, 0.3) is 0 Å². The topological polar surface area (TPSA) is 66.5 Å². The number of H-pyrrole nitrogens is 1. The Labute approximate surface area is 94.7 Å². The molecule has 0 atom stereocenters. The lowest BCUT2D eigenvalue weighted by Gasteiger charge is -2.05. The number of aromatic nitrogens is 4. The van der Waals surface area contributed by atoms with Crippen molar-refractivity contribution in [3.8, 4) is 0 Å². The summed E-state index contributed by atoms with van der Waals surface area (Å²) in [7, 11) is 0. The number of imidazole rings is 1. The zero-order chi connectivity index (χ0) is 11.5. The second-order valence-electron chi connectivity index (χ2n) is 3.92. The van der Waals surface area contributed by atoms with Gasteiger partial charge < -0.3 is 10.3 Å². The molecule has 0 spiro atoms. The predicted molar refractivity (Wildman–Crippen MR) is 64.6 cm³/mol. The maximum atomic E-state index is 4.39. The molecule has 0 saturated heterocycles. The van der Waals surface area contributed by atoms with E-state index in [0.717, 1.165) is 41.6 Å². The highest BCUT2D eigenvalue weighted by molar-refractivity contribution is 5.82. The third-order valence-corrected chi connectivity index (χ3v) is 2.40. The van der Waals surface area contributed by atoms with Gasteiger partial charge in [0, 0.05) is 6.54 Å². The molecule has 2 N–H and O–H groups in total. The van der Waals surface area contributed by atoms with Crippen LogP contribution in [0.4, 0.5) is 5.82 Å². The van der Waals surface area contributed by atoms with Gasteiger partial charge in [-0.3, -0.25) is 0 Å². The molecular formula is C11H17N5. The zero-order valence-corrected chi connectivity index (χ0v) is 9.96. The number of rotatable bonds is 4. The van der Waals surface area contributed by atoms with Crippen LogP contribution in [0.2, 0.25) is 0 Å². The van der Waals surface area contributed by atoms with Crippen molar-refractivity contribution in [1.29, 1.82) is 0 Å². The van der Waals surface area contributed by atoms with Crippen molar-refractivity contribution < 1.29 is 0 Å². The summed E-state index contributed by atoms with van der Waals surface area (Å²) < 4.78 is 0. The van der Waals surface area contributed by atoms with E-state index in [9.17, 15) is 0 Å². The molecule has 0 aliphatic heterocycles. The highest BCUT2D eigenvalue weighted by Crippen LogP contribution is 2.17. The van der Waals surface area contributed by atoms with E-state index in [0.29, 0.717) is 0 Å². The molecule has 2 aromatic heterocycles. The van der Waals surface area contributed by atoms with E-state index in [2.05, 4.69) is 32.2 Å². The fraction of sp³-hybridized carbons (Fsp3) is 0.545. The van der Waals surface area contributed by atoms with Gasteiger partial charge in [-0.15, -0.1) is 0 Å². The summed E-state index contributed by atoms with van der Waals surface area (Å²) in [5.41, 5.74) is 1.64. The van der Waals surface area contributed by atoms with E-state index in [-0.39, 0.29) is 0 Å². The van der Waals surface area contributed by atoms with Crippen LogP contribution in [0.25, 0.3) is 11.2 Å². The van der Waals surface area contributed by atoms with Crippen LogP contribution in [0.15, 0.2) is 0 Å². The van der Waals surface area contributed by atoms with Gasteiger partial charge in [-0.05, 0) is 20.3 Å². The Morgan fingerprint density at radius 3 is 2.75 bits per heavy atom. The van der Waals surface area contributed by atoms with E-state index in [1.165, 1.54) is 6.42 Å². The summed E-state index contributed by atoms with van der Waals surface area (Å²) in [5, 5.41) is 3.32. The van der Waals surface area contributed by atoms with Crippen LogP contribution >= 0.6 is 0 Å². The molecule has 0 aliphatic rings. The number of fused-ring (bicyclic) bond motifs is 1. The van der Waals surface area contributed by atoms with E-state index >= 15 is 0 Å². The van der Waals surface area contributed by atoms with Crippen molar-refractivity contribution in [2.24, 2.45) is 0 Å². The lowest BCUT2D eigenvalue weighted by molar-refractivity contribution is 0.830. The first kappa shape index (κ1) is 10.9. The number of aromatic amines is 1. The Morgan fingerprint density at radius 1 is 1.19 bits per heavy atom. The maximum Gasteiger partial charge on any atom is 0.183 e. The molecule has 0 saturated carbocycles. The molecule has 0 aromatic carbocycles. The van der Waals surface area contributed by atoms with Crippen molar-refractivity contribution >= 4 is 17.0 Å². The first-order valence-corrected chi connectivity index (χ1v) is 5.65. The number of anilines is 1. The molecule has 2 aromatic rings. The molecule has 2 rings (SSSR count). The third kappa shape index (κ3) is 2.13. The lowest BCUT2D eigenvalue weighted by atomic mass is 10.3. The van der Waals surface area contributed by atoms with Gasteiger partial charge in [-0.1, -0.05) is 13.3 Å². The van der Waals surface area contributed by atoms with Gasteiger partial charge in [-0.2, -0.15) is 0 Å². The van der Waals surface area contributed by atoms with Crippen molar-refractivity contribution in [1.82, 2.24) is 19.9 Å². The summed E-state index contributed by atoms with van der Waals surface area (Å²) in [6, 6.07) is 0. The number of unbranched alkanes of at least 4 members (excludes halogenated alkanes) is 1. The minimum Gasteiger partial charge on any atom is -0.368 e. The SMILES string of the molecule is CCCCNc1nc(C)nc2nc(C)[nH]c12. The maximum absolute atomic E-state index is 4.39. The van der Waals surface area contributed by atoms with Crippen molar-refractivity contribution in [3.05, 3.63) is 11.6 Å². The van der Waals surface area contributed by atoms with Gasteiger partial charge in [0.1, 0.15) is 17.2 Å². The highest BCUT2D eigenvalue weighted by Gasteiger charge is 2.08. The normalized spacial score (nSPS) is 10.9. The van der Waals surface area contributed by atoms with Gasteiger partial charge in [0.2, 0.25) is 0 Å². The van der Waals surface area contributed by atoms with Crippen LogP contribution in [0.1, 0.15) is 31.4 Å². The average Bonchev–Trinajstić information content (AvgIpc) is 2.58. The molecule has 16 heavy (non-hydrogen) atoms. The van der Waals surface area contributed by atoms with Crippen LogP contribution in [-0.4, -0.2) is 26.5 Å². The smallest absolute Gasteiger partial charge is 0.183 e. The van der Waals surface area contributed by atoms with Crippen molar-refractivity contribution in [2.75, 3.05) is 11.9 Å². The first-order valence-electron chi connectivity index (χ1n) is 5.65. The van der Waals surface area contributed by atoms with Gasteiger partial charge in [-0.25, -0.2) is 15.0 Å². The Morgan fingerprint density at radius 2 is 2.00 bits per heavy atom. The Balaban J connectivity index is 2.34. The largest absolute Gasteiger partial charge is 0.368 e. The predicted octanol–water partition coefficient (Wildman–Crippen LogP) is 2.18. The number of hydrogen-bond donors (Lipinski definition) is 2. The summed E-state index contributed by atoms with van der Waals surface area (Å²) in [6.45, 7) is 6.91. The quantitative estimate of drug-likeness (QED) is 0.773. The summed E-state index contributed by atoms with van der Waals surface area (Å²) in [5.74, 6) is 2.47. The zero-order valence-electron chi connectivity index (χ0n) is 9.96. The third-order valence-electron chi connectivity index (χ3n) is 2.40.